The van der Waals surface area contributed by atoms with E-state index in [1.807, 2.05) is 18.1 Å². The Labute approximate surface area is 169 Å². The first kappa shape index (κ1) is 17.9. The van der Waals surface area contributed by atoms with Crippen LogP contribution in [0.5, 0.6) is 0 Å². The van der Waals surface area contributed by atoms with Gasteiger partial charge in [0.15, 0.2) is 5.65 Å². The Bertz CT molecular complexity index is 1040. The highest BCUT2D eigenvalue weighted by molar-refractivity contribution is 5.87. The first-order chi connectivity index (χ1) is 14.2. The van der Waals surface area contributed by atoms with Gasteiger partial charge in [-0.1, -0.05) is 18.2 Å². The summed E-state index contributed by atoms with van der Waals surface area (Å²) in [5.41, 5.74) is 3.39. The number of aryl methyl sites for hydroxylation is 2. The molecule has 2 aliphatic heterocycles. The van der Waals surface area contributed by atoms with Crippen LogP contribution in [0, 0.1) is 0 Å². The van der Waals surface area contributed by atoms with Crippen LogP contribution in [0.1, 0.15) is 12.0 Å². The van der Waals surface area contributed by atoms with Crippen molar-refractivity contribution in [3.63, 3.8) is 0 Å². The molecule has 3 aromatic rings. The van der Waals surface area contributed by atoms with E-state index in [9.17, 15) is 4.79 Å². The molecule has 0 aliphatic carbocycles. The quantitative estimate of drug-likeness (QED) is 0.673. The number of aromatic nitrogens is 4. The molecule has 0 spiro atoms. The molecule has 1 aromatic carbocycles. The van der Waals surface area contributed by atoms with Gasteiger partial charge in [0.05, 0.1) is 18.1 Å². The summed E-state index contributed by atoms with van der Waals surface area (Å²) in [7, 11) is 1.88. The van der Waals surface area contributed by atoms with Gasteiger partial charge in [-0.25, -0.2) is 9.97 Å². The number of fused-ring (bicyclic) bond motifs is 2. The van der Waals surface area contributed by atoms with Crippen LogP contribution >= 0.6 is 0 Å². The van der Waals surface area contributed by atoms with Gasteiger partial charge in [-0.3, -0.25) is 9.48 Å². The number of carbonyl (C=O) groups is 1. The van der Waals surface area contributed by atoms with Crippen LogP contribution in [0.2, 0.25) is 0 Å². The molecule has 0 saturated carbocycles. The van der Waals surface area contributed by atoms with E-state index >= 15 is 0 Å². The van der Waals surface area contributed by atoms with Crippen molar-refractivity contribution in [2.24, 2.45) is 7.05 Å². The van der Waals surface area contributed by atoms with Gasteiger partial charge in [0.2, 0.25) is 5.91 Å². The Morgan fingerprint density at radius 1 is 1.07 bits per heavy atom. The molecule has 29 heavy (non-hydrogen) atoms. The van der Waals surface area contributed by atoms with Crippen molar-refractivity contribution >= 4 is 28.4 Å². The van der Waals surface area contributed by atoms with Crippen LogP contribution in [-0.4, -0.2) is 69.8 Å². The second-order valence-corrected chi connectivity index (χ2v) is 7.72. The van der Waals surface area contributed by atoms with Gasteiger partial charge >= 0.3 is 0 Å². The summed E-state index contributed by atoms with van der Waals surface area (Å²) in [5.74, 6) is 1.11. The number of hydrogen-bond acceptors (Lipinski definition) is 6. The molecule has 0 atom stereocenters. The van der Waals surface area contributed by atoms with E-state index in [-0.39, 0.29) is 5.91 Å². The molecule has 0 bridgehead atoms. The van der Waals surface area contributed by atoms with Gasteiger partial charge < -0.3 is 14.7 Å². The standard InChI is InChI=1S/C21H25N7O/c1-25-20-17(13-24-25)21(23-15-22-20)27-11-9-26(10-12-27)19(29)14-28-8-4-6-16-5-2-3-7-18(16)28/h2-3,5,7,13,15H,4,6,8-12,14H2,1H3. The number of para-hydroxylation sites is 1. The molecule has 2 aromatic heterocycles. The first-order valence-electron chi connectivity index (χ1n) is 10.2. The lowest BCUT2D eigenvalue weighted by Crippen LogP contribution is -2.52. The SMILES string of the molecule is Cn1ncc2c(N3CCN(C(=O)CN4CCCc5ccccc54)CC3)ncnc21. The van der Waals surface area contributed by atoms with Gasteiger partial charge in [-0.2, -0.15) is 5.10 Å². The molecule has 8 heteroatoms. The maximum Gasteiger partial charge on any atom is 0.242 e. The number of rotatable bonds is 3. The van der Waals surface area contributed by atoms with E-state index in [4.69, 9.17) is 0 Å². The minimum absolute atomic E-state index is 0.204. The fourth-order valence-electron chi connectivity index (χ4n) is 4.41. The predicted octanol–water partition coefficient (Wildman–Crippen LogP) is 1.46. The highest BCUT2D eigenvalue weighted by atomic mass is 16.2. The van der Waals surface area contributed by atoms with E-state index in [0.29, 0.717) is 19.6 Å². The third-order valence-corrected chi connectivity index (χ3v) is 5.97. The number of anilines is 2. The molecular formula is C21H25N7O. The predicted molar refractivity (Wildman–Crippen MR) is 112 cm³/mol. The summed E-state index contributed by atoms with van der Waals surface area (Å²) in [6.07, 6.45) is 5.61. The van der Waals surface area contributed by atoms with Gasteiger partial charge in [0.25, 0.3) is 0 Å². The molecule has 0 N–H and O–H groups in total. The zero-order valence-electron chi connectivity index (χ0n) is 16.7. The van der Waals surface area contributed by atoms with Crippen molar-refractivity contribution in [1.29, 1.82) is 0 Å². The number of carbonyl (C=O) groups excluding carboxylic acids is 1. The zero-order valence-corrected chi connectivity index (χ0v) is 16.7. The molecule has 1 saturated heterocycles. The molecule has 1 fully saturated rings. The Kier molecular flexibility index (Phi) is 4.54. The summed E-state index contributed by atoms with van der Waals surface area (Å²) in [6, 6.07) is 8.44. The van der Waals surface area contributed by atoms with Crippen LogP contribution in [0.3, 0.4) is 0 Å². The number of amides is 1. The third kappa shape index (κ3) is 3.28. The number of piperazine rings is 1. The van der Waals surface area contributed by atoms with Crippen LogP contribution in [0.15, 0.2) is 36.8 Å². The summed E-state index contributed by atoms with van der Waals surface area (Å²) in [5, 5.41) is 5.25. The van der Waals surface area contributed by atoms with Gasteiger partial charge in [0, 0.05) is 45.5 Å². The summed E-state index contributed by atoms with van der Waals surface area (Å²) < 4.78 is 1.76. The van der Waals surface area contributed by atoms with Crippen LogP contribution in [0.25, 0.3) is 11.0 Å². The third-order valence-electron chi connectivity index (χ3n) is 5.97. The molecule has 1 amide bonds. The molecule has 0 unspecified atom stereocenters. The highest BCUT2D eigenvalue weighted by Gasteiger charge is 2.26. The van der Waals surface area contributed by atoms with E-state index < -0.39 is 0 Å². The molecule has 0 radical (unpaired) electrons. The maximum atomic E-state index is 13.0. The lowest BCUT2D eigenvalue weighted by atomic mass is 10.0. The lowest BCUT2D eigenvalue weighted by Gasteiger charge is -2.37. The normalized spacial score (nSPS) is 16.9. The largest absolute Gasteiger partial charge is 0.362 e. The van der Waals surface area contributed by atoms with E-state index in [2.05, 4.69) is 49.1 Å². The topological polar surface area (TPSA) is 70.4 Å². The van der Waals surface area contributed by atoms with Crippen LogP contribution < -0.4 is 9.80 Å². The zero-order chi connectivity index (χ0) is 19.8. The van der Waals surface area contributed by atoms with Crippen LogP contribution in [-0.2, 0) is 18.3 Å². The minimum atomic E-state index is 0.204. The van der Waals surface area contributed by atoms with E-state index in [0.717, 1.165) is 49.3 Å². The Hall–Kier alpha value is -3.16. The molecule has 5 rings (SSSR count). The number of hydrogen-bond donors (Lipinski definition) is 0. The molecule has 150 valence electrons. The van der Waals surface area contributed by atoms with Crippen molar-refractivity contribution in [1.82, 2.24) is 24.6 Å². The number of nitrogens with zero attached hydrogens (tertiary/aromatic N) is 7. The fraction of sp³-hybridized carbons (Fsp3) is 0.429. The number of benzene rings is 1. The van der Waals surface area contributed by atoms with Crippen molar-refractivity contribution in [2.45, 2.75) is 12.8 Å². The smallest absolute Gasteiger partial charge is 0.242 e. The maximum absolute atomic E-state index is 13.0. The second-order valence-electron chi connectivity index (χ2n) is 7.72. The molecule has 2 aliphatic rings. The van der Waals surface area contributed by atoms with E-state index in [1.54, 1.807) is 11.0 Å². The van der Waals surface area contributed by atoms with Crippen molar-refractivity contribution in [2.75, 3.05) is 49.1 Å². The molecule has 4 heterocycles. The Morgan fingerprint density at radius 3 is 2.76 bits per heavy atom. The summed E-state index contributed by atoms with van der Waals surface area (Å²) >= 11 is 0. The molecular weight excluding hydrogens is 366 g/mol. The summed E-state index contributed by atoms with van der Waals surface area (Å²) in [4.78, 5) is 28.2. The minimum Gasteiger partial charge on any atom is -0.362 e. The fourth-order valence-corrected chi connectivity index (χ4v) is 4.41. The van der Waals surface area contributed by atoms with Crippen LogP contribution in [0.4, 0.5) is 11.5 Å². The highest BCUT2D eigenvalue weighted by Crippen LogP contribution is 2.27. The van der Waals surface area contributed by atoms with Gasteiger partial charge in [-0.15, -0.1) is 0 Å². The first-order valence-corrected chi connectivity index (χ1v) is 10.2. The Balaban J connectivity index is 1.25. The van der Waals surface area contributed by atoms with Crippen molar-refractivity contribution in [3.8, 4) is 0 Å². The van der Waals surface area contributed by atoms with E-state index in [1.165, 1.54) is 11.3 Å². The monoisotopic (exact) mass is 391 g/mol. The van der Waals surface area contributed by atoms with Crippen molar-refractivity contribution < 1.29 is 4.79 Å². The average Bonchev–Trinajstić information content (AvgIpc) is 3.15. The molecule has 8 nitrogen and oxygen atoms in total. The second kappa shape index (κ2) is 7.35. The average molecular weight is 391 g/mol. The lowest BCUT2D eigenvalue weighted by molar-refractivity contribution is -0.130. The van der Waals surface area contributed by atoms with Gasteiger partial charge in [0.1, 0.15) is 12.1 Å². The Morgan fingerprint density at radius 2 is 1.90 bits per heavy atom. The van der Waals surface area contributed by atoms with Crippen molar-refractivity contribution in [3.05, 3.63) is 42.4 Å². The summed E-state index contributed by atoms with van der Waals surface area (Å²) in [6.45, 7) is 4.35. The van der Waals surface area contributed by atoms with Gasteiger partial charge in [-0.05, 0) is 24.5 Å².